The molecule has 1 amide bonds. The van der Waals surface area contributed by atoms with Crippen LogP contribution in [0.4, 0.5) is 5.69 Å². The number of hydrogen-bond acceptors (Lipinski definition) is 5. The standard InChI is InChI=1S/C31H24ClNO5/c1-37-26-17-14-22(18-25(26)32)29(34)27-28(33(31(36)30(27)35)23-10-6-3-7-11-23)21-12-15-24(16-13-21)38-19-20-8-4-2-5-9-20/h2-18,28,34H,19H2,1H3/b29-27-. The van der Waals surface area contributed by atoms with Crippen molar-refractivity contribution < 1.29 is 24.2 Å². The van der Waals surface area contributed by atoms with Gasteiger partial charge < -0.3 is 14.6 Å². The molecule has 5 rings (SSSR count). The number of aliphatic hydroxyl groups excluding tert-OH is 1. The molecule has 1 aliphatic rings. The molecule has 190 valence electrons. The van der Waals surface area contributed by atoms with Gasteiger partial charge in [0.15, 0.2) is 0 Å². The largest absolute Gasteiger partial charge is 0.507 e. The Balaban J connectivity index is 1.56. The molecule has 1 aliphatic heterocycles. The number of anilines is 1. The number of rotatable bonds is 7. The molecule has 0 saturated carbocycles. The van der Waals surface area contributed by atoms with Crippen molar-refractivity contribution in [2.75, 3.05) is 12.0 Å². The second-order valence-electron chi connectivity index (χ2n) is 8.70. The van der Waals surface area contributed by atoms with E-state index in [0.717, 1.165) is 5.56 Å². The molecule has 0 radical (unpaired) electrons. The predicted molar refractivity (Wildman–Crippen MR) is 146 cm³/mol. The average Bonchev–Trinajstić information content (AvgIpc) is 3.22. The number of ether oxygens (including phenoxy) is 2. The zero-order chi connectivity index (χ0) is 26.6. The molecule has 1 atom stereocenters. The molecular formula is C31H24ClNO5. The summed E-state index contributed by atoms with van der Waals surface area (Å²) in [5, 5.41) is 11.6. The minimum Gasteiger partial charge on any atom is -0.507 e. The van der Waals surface area contributed by atoms with Crippen molar-refractivity contribution in [1.82, 2.24) is 0 Å². The monoisotopic (exact) mass is 525 g/mol. The van der Waals surface area contributed by atoms with Gasteiger partial charge in [0.05, 0.1) is 23.7 Å². The third-order valence-corrected chi connectivity index (χ3v) is 6.64. The lowest BCUT2D eigenvalue weighted by Crippen LogP contribution is -2.29. The summed E-state index contributed by atoms with van der Waals surface area (Å²) in [7, 11) is 1.49. The summed E-state index contributed by atoms with van der Waals surface area (Å²) in [5.41, 5.74) is 2.48. The lowest BCUT2D eigenvalue weighted by Gasteiger charge is -2.25. The number of carbonyl (C=O) groups excluding carboxylic acids is 2. The summed E-state index contributed by atoms with van der Waals surface area (Å²) >= 11 is 6.28. The molecule has 1 N–H and O–H groups in total. The number of methoxy groups -OCH3 is 1. The maximum absolute atomic E-state index is 13.3. The summed E-state index contributed by atoms with van der Waals surface area (Å²) in [6.07, 6.45) is 0. The highest BCUT2D eigenvalue weighted by molar-refractivity contribution is 6.51. The normalized spacial score (nSPS) is 16.5. The highest BCUT2D eigenvalue weighted by Gasteiger charge is 2.47. The van der Waals surface area contributed by atoms with Crippen molar-refractivity contribution in [3.05, 3.63) is 130 Å². The zero-order valence-corrected chi connectivity index (χ0v) is 21.3. The number of hydrogen-bond donors (Lipinski definition) is 1. The SMILES string of the molecule is COc1ccc(/C(O)=C2/C(=O)C(=O)N(c3ccccc3)C2c2ccc(OCc3ccccc3)cc2)cc1Cl. The molecule has 1 fully saturated rings. The van der Waals surface area contributed by atoms with Gasteiger partial charge >= 0.3 is 0 Å². The fourth-order valence-electron chi connectivity index (χ4n) is 4.46. The third-order valence-electron chi connectivity index (χ3n) is 6.35. The Morgan fingerprint density at radius 1 is 0.895 bits per heavy atom. The van der Waals surface area contributed by atoms with Crippen LogP contribution >= 0.6 is 11.6 Å². The molecule has 0 aromatic heterocycles. The molecule has 0 bridgehead atoms. The van der Waals surface area contributed by atoms with Crippen molar-refractivity contribution in [1.29, 1.82) is 0 Å². The van der Waals surface area contributed by atoms with Crippen molar-refractivity contribution in [2.24, 2.45) is 0 Å². The van der Waals surface area contributed by atoms with E-state index in [9.17, 15) is 14.7 Å². The summed E-state index contributed by atoms with van der Waals surface area (Å²) in [6.45, 7) is 0.404. The van der Waals surface area contributed by atoms with Crippen molar-refractivity contribution >= 4 is 34.7 Å². The molecule has 1 saturated heterocycles. The number of halogens is 1. The van der Waals surface area contributed by atoms with E-state index in [0.29, 0.717) is 34.9 Å². The van der Waals surface area contributed by atoms with E-state index < -0.39 is 17.7 Å². The maximum atomic E-state index is 13.3. The zero-order valence-electron chi connectivity index (χ0n) is 20.5. The number of benzene rings is 4. The van der Waals surface area contributed by atoms with E-state index in [1.165, 1.54) is 18.1 Å². The van der Waals surface area contributed by atoms with Crippen LogP contribution in [0.25, 0.3) is 5.76 Å². The molecule has 1 unspecified atom stereocenters. The van der Waals surface area contributed by atoms with Crippen LogP contribution in [0, 0.1) is 0 Å². The van der Waals surface area contributed by atoms with Crippen molar-refractivity contribution in [2.45, 2.75) is 12.6 Å². The first kappa shape index (κ1) is 25.1. The van der Waals surface area contributed by atoms with Crippen LogP contribution < -0.4 is 14.4 Å². The Morgan fingerprint density at radius 3 is 2.18 bits per heavy atom. The second kappa shape index (κ2) is 10.8. The third kappa shape index (κ3) is 4.86. The van der Waals surface area contributed by atoms with Crippen LogP contribution in [0.1, 0.15) is 22.7 Å². The summed E-state index contributed by atoms with van der Waals surface area (Å²) in [4.78, 5) is 28.0. The van der Waals surface area contributed by atoms with Gasteiger partial charge in [0.2, 0.25) is 0 Å². The first-order chi connectivity index (χ1) is 18.5. The van der Waals surface area contributed by atoms with Gasteiger partial charge in [-0.25, -0.2) is 0 Å². The van der Waals surface area contributed by atoms with Gasteiger partial charge in [-0.2, -0.15) is 0 Å². The Kier molecular flexibility index (Phi) is 7.15. The number of ketones is 1. The first-order valence-electron chi connectivity index (χ1n) is 11.9. The number of carbonyl (C=O) groups is 2. The second-order valence-corrected chi connectivity index (χ2v) is 9.10. The minimum absolute atomic E-state index is 0.0296. The number of amides is 1. The van der Waals surface area contributed by atoms with Gasteiger partial charge in [-0.15, -0.1) is 0 Å². The van der Waals surface area contributed by atoms with Crippen LogP contribution in [-0.2, 0) is 16.2 Å². The summed E-state index contributed by atoms with van der Waals surface area (Å²) < 4.78 is 11.1. The van der Waals surface area contributed by atoms with Gasteiger partial charge in [0.1, 0.15) is 23.9 Å². The van der Waals surface area contributed by atoms with Crippen LogP contribution in [0.3, 0.4) is 0 Å². The van der Waals surface area contributed by atoms with Crippen LogP contribution in [0.15, 0.2) is 109 Å². The van der Waals surface area contributed by atoms with Crippen molar-refractivity contribution in [3.63, 3.8) is 0 Å². The topological polar surface area (TPSA) is 76.1 Å². The maximum Gasteiger partial charge on any atom is 0.300 e. The number of aliphatic hydroxyl groups is 1. The average molecular weight is 526 g/mol. The van der Waals surface area contributed by atoms with E-state index in [2.05, 4.69) is 0 Å². The molecule has 38 heavy (non-hydrogen) atoms. The first-order valence-corrected chi connectivity index (χ1v) is 12.3. The van der Waals surface area contributed by atoms with Gasteiger partial charge in [0, 0.05) is 11.3 Å². The summed E-state index contributed by atoms with van der Waals surface area (Å²) in [5.74, 6) is -0.771. The number of nitrogens with zero attached hydrogens (tertiary/aromatic N) is 1. The Morgan fingerprint density at radius 2 is 1.55 bits per heavy atom. The van der Waals surface area contributed by atoms with E-state index in [1.54, 1.807) is 60.7 Å². The molecule has 0 spiro atoms. The van der Waals surface area contributed by atoms with Gasteiger partial charge in [0.25, 0.3) is 11.7 Å². The van der Waals surface area contributed by atoms with Crippen LogP contribution in [0.2, 0.25) is 5.02 Å². The smallest absolute Gasteiger partial charge is 0.300 e. The fraction of sp³-hybridized carbons (Fsp3) is 0.0968. The highest BCUT2D eigenvalue weighted by Crippen LogP contribution is 2.43. The van der Waals surface area contributed by atoms with E-state index >= 15 is 0 Å². The molecule has 0 aliphatic carbocycles. The summed E-state index contributed by atoms with van der Waals surface area (Å²) in [6, 6.07) is 29.7. The molecule has 6 nitrogen and oxygen atoms in total. The molecule has 4 aromatic carbocycles. The Bertz CT molecular complexity index is 1500. The lowest BCUT2D eigenvalue weighted by atomic mass is 9.95. The van der Waals surface area contributed by atoms with Gasteiger partial charge in [-0.1, -0.05) is 72.3 Å². The van der Waals surface area contributed by atoms with Crippen LogP contribution in [0.5, 0.6) is 11.5 Å². The Labute approximate surface area is 225 Å². The fourth-order valence-corrected chi connectivity index (χ4v) is 4.72. The predicted octanol–water partition coefficient (Wildman–Crippen LogP) is 6.55. The highest BCUT2D eigenvalue weighted by atomic mass is 35.5. The molecule has 1 heterocycles. The van der Waals surface area contributed by atoms with E-state index in [-0.39, 0.29) is 16.4 Å². The number of para-hydroxylation sites is 1. The van der Waals surface area contributed by atoms with Crippen LogP contribution in [-0.4, -0.2) is 23.9 Å². The molecular weight excluding hydrogens is 502 g/mol. The molecule has 7 heteroatoms. The lowest BCUT2D eigenvalue weighted by molar-refractivity contribution is -0.132. The van der Waals surface area contributed by atoms with E-state index in [4.69, 9.17) is 21.1 Å². The quantitative estimate of drug-likeness (QED) is 0.168. The minimum atomic E-state index is -0.860. The van der Waals surface area contributed by atoms with Gasteiger partial charge in [-0.05, 0) is 53.6 Å². The van der Waals surface area contributed by atoms with Gasteiger partial charge in [-0.3, -0.25) is 14.5 Å². The van der Waals surface area contributed by atoms with E-state index in [1.807, 2.05) is 36.4 Å². The number of Topliss-reactive ketones (excluding diaryl/α,β-unsaturated/α-hetero) is 1. The molecule has 4 aromatic rings. The van der Waals surface area contributed by atoms with Crippen molar-refractivity contribution in [3.8, 4) is 11.5 Å². The Hall–Kier alpha value is -4.55.